The van der Waals surface area contributed by atoms with Crippen LogP contribution >= 0.6 is 11.3 Å². The molecule has 3 rings (SSSR count). The number of nitrogens with one attached hydrogen (secondary N) is 2. The van der Waals surface area contributed by atoms with E-state index in [0.29, 0.717) is 11.5 Å². The highest BCUT2D eigenvalue weighted by Crippen LogP contribution is 2.22. The van der Waals surface area contributed by atoms with E-state index in [1.54, 1.807) is 25.3 Å². The maximum Gasteiger partial charge on any atom is 0.271 e. The topological polar surface area (TPSA) is 107 Å². The molecule has 1 amide bonds. The zero-order valence-corrected chi connectivity index (χ0v) is 17.3. The fourth-order valence-electron chi connectivity index (χ4n) is 2.47. The summed E-state index contributed by atoms with van der Waals surface area (Å²) in [6.07, 6.45) is 0. The lowest BCUT2D eigenvalue weighted by atomic mass is 10.2. The first-order valence-corrected chi connectivity index (χ1v) is 10.8. The Bertz CT molecular complexity index is 1100. The summed E-state index contributed by atoms with van der Waals surface area (Å²) in [4.78, 5) is 16.5. The zero-order chi connectivity index (χ0) is 20.9. The second-order valence-electron chi connectivity index (χ2n) is 5.81. The molecular formula is C19H19N3O5S2. The Hall–Kier alpha value is -3.11. The Labute approximate surface area is 172 Å². The van der Waals surface area contributed by atoms with Crippen LogP contribution in [0.2, 0.25) is 0 Å². The number of hydrogen-bond acceptors (Lipinski definition) is 7. The summed E-state index contributed by atoms with van der Waals surface area (Å²) in [6.45, 7) is 0.257. The molecule has 152 valence electrons. The minimum absolute atomic E-state index is 0.0654. The lowest BCUT2D eigenvalue weighted by molar-refractivity contribution is 0.0946. The Kier molecular flexibility index (Phi) is 6.35. The largest absolute Gasteiger partial charge is 0.497 e. The van der Waals surface area contributed by atoms with Crippen LogP contribution in [0.4, 0.5) is 5.13 Å². The van der Waals surface area contributed by atoms with Crippen LogP contribution in [0.1, 0.15) is 16.1 Å². The van der Waals surface area contributed by atoms with E-state index in [0.717, 1.165) is 16.9 Å². The third-order valence-corrected chi connectivity index (χ3v) is 6.20. The van der Waals surface area contributed by atoms with E-state index in [-0.39, 0.29) is 22.3 Å². The average molecular weight is 434 g/mol. The molecule has 29 heavy (non-hydrogen) atoms. The Balaban J connectivity index is 1.65. The second kappa shape index (κ2) is 8.93. The third kappa shape index (κ3) is 5.04. The van der Waals surface area contributed by atoms with Crippen LogP contribution in [0.5, 0.6) is 11.5 Å². The van der Waals surface area contributed by atoms with Gasteiger partial charge in [0, 0.05) is 17.5 Å². The number of aromatic nitrogens is 1. The number of amides is 1. The Morgan fingerprint density at radius 1 is 1.07 bits per heavy atom. The summed E-state index contributed by atoms with van der Waals surface area (Å²) < 4.78 is 37.6. The van der Waals surface area contributed by atoms with Crippen LogP contribution in [-0.4, -0.2) is 33.5 Å². The van der Waals surface area contributed by atoms with E-state index in [9.17, 15) is 13.2 Å². The van der Waals surface area contributed by atoms with E-state index in [4.69, 9.17) is 9.47 Å². The Morgan fingerprint density at radius 3 is 2.48 bits per heavy atom. The number of hydrogen-bond donors (Lipinski definition) is 2. The number of ether oxygens (including phenoxy) is 2. The van der Waals surface area contributed by atoms with Crippen molar-refractivity contribution in [3.63, 3.8) is 0 Å². The smallest absolute Gasteiger partial charge is 0.271 e. The highest BCUT2D eigenvalue weighted by Gasteiger charge is 2.18. The second-order valence-corrected chi connectivity index (χ2v) is 8.35. The SMILES string of the molecule is COc1ccc(S(=O)(=O)Nc2nc(C(=O)NCc3ccccc3OC)cs2)cc1. The number of rotatable bonds is 8. The number of para-hydroxylation sites is 1. The van der Waals surface area contributed by atoms with Gasteiger partial charge in [0.05, 0.1) is 19.1 Å². The Morgan fingerprint density at radius 2 is 1.79 bits per heavy atom. The van der Waals surface area contributed by atoms with Crippen molar-refractivity contribution in [2.75, 3.05) is 18.9 Å². The molecule has 2 aromatic carbocycles. The molecule has 0 atom stereocenters. The van der Waals surface area contributed by atoms with Crippen molar-refractivity contribution in [3.8, 4) is 11.5 Å². The number of benzene rings is 2. The first kappa shape index (κ1) is 20.6. The number of nitrogens with zero attached hydrogens (tertiary/aromatic N) is 1. The molecule has 0 fully saturated rings. The van der Waals surface area contributed by atoms with Crippen molar-refractivity contribution in [2.45, 2.75) is 11.4 Å². The lowest BCUT2D eigenvalue weighted by Gasteiger charge is -2.08. The van der Waals surface area contributed by atoms with Gasteiger partial charge in [-0.05, 0) is 30.3 Å². The molecule has 0 aliphatic carbocycles. The van der Waals surface area contributed by atoms with Crippen molar-refractivity contribution in [2.24, 2.45) is 0 Å². The molecule has 1 aromatic heterocycles. The fourth-order valence-corrected chi connectivity index (χ4v) is 4.41. The summed E-state index contributed by atoms with van der Waals surface area (Å²) in [7, 11) is -0.765. The van der Waals surface area contributed by atoms with Crippen LogP contribution in [-0.2, 0) is 16.6 Å². The molecule has 0 bridgehead atoms. The average Bonchev–Trinajstić information content (AvgIpc) is 3.20. The van der Waals surface area contributed by atoms with Crippen LogP contribution < -0.4 is 19.5 Å². The molecule has 0 aliphatic rings. The number of sulfonamides is 1. The summed E-state index contributed by atoms with van der Waals surface area (Å²) in [5.41, 5.74) is 0.941. The summed E-state index contributed by atoms with van der Waals surface area (Å²) in [6, 6.07) is 13.3. The highest BCUT2D eigenvalue weighted by atomic mass is 32.2. The normalized spacial score (nSPS) is 11.0. The first-order chi connectivity index (χ1) is 13.9. The molecule has 0 aliphatic heterocycles. The monoisotopic (exact) mass is 433 g/mol. The van der Waals surface area contributed by atoms with Gasteiger partial charge in [-0.15, -0.1) is 11.3 Å². The van der Waals surface area contributed by atoms with Gasteiger partial charge in [-0.1, -0.05) is 18.2 Å². The number of carbonyl (C=O) groups is 1. The number of anilines is 1. The number of methoxy groups -OCH3 is 2. The summed E-state index contributed by atoms with van der Waals surface area (Å²) >= 11 is 1.02. The zero-order valence-electron chi connectivity index (χ0n) is 15.7. The van der Waals surface area contributed by atoms with Gasteiger partial charge in [0.15, 0.2) is 5.13 Å². The summed E-state index contributed by atoms with van der Waals surface area (Å²) in [5, 5.41) is 4.33. The molecule has 0 saturated carbocycles. The molecule has 0 saturated heterocycles. The van der Waals surface area contributed by atoms with E-state index in [2.05, 4.69) is 15.0 Å². The van der Waals surface area contributed by atoms with Crippen molar-refractivity contribution >= 4 is 32.4 Å². The molecule has 0 unspecified atom stereocenters. The molecule has 2 N–H and O–H groups in total. The summed E-state index contributed by atoms with van der Waals surface area (Å²) in [5.74, 6) is 0.799. The predicted octanol–water partition coefficient (Wildman–Crippen LogP) is 2.89. The quantitative estimate of drug-likeness (QED) is 0.566. The molecular weight excluding hydrogens is 414 g/mol. The van der Waals surface area contributed by atoms with Crippen LogP contribution in [0.3, 0.4) is 0 Å². The van der Waals surface area contributed by atoms with Crippen molar-refractivity contribution in [1.82, 2.24) is 10.3 Å². The standard InChI is InChI=1S/C19H19N3O5S2/c1-26-14-7-9-15(10-8-14)29(24,25)22-19-21-16(12-28-19)18(23)20-11-13-5-3-4-6-17(13)27-2/h3-10,12H,11H2,1-2H3,(H,20,23)(H,21,22). The van der Waals surface area contributed by atoms with E-state index >= 15 is 0 Å². The van der Waals surface area contributed by atoms with Crippen molar-refractivity contribution < 1.29 is 22.7 Å². The van der Waals surface area contributed by atoms with Gasteiger partial charge < -0.3 is 14.8 Å². The maximum atomic E-state index is 12.5. The predicted molar refractivity (Wildman–Crippen MR) is 110 cm³/mol. The molecule has 0 radical (unpaired) electrons. The number of thiazole rings is 1. The minimum atomic E-state index is -3.82. The van der Waals surface area contributed by atoms with E-state index < -0.39 is 15.9 Å². The molecule has 8 nitrogen and oxygen atoms in total. The fraction of sp³-hybridized carbons (Fsp3) is 0.158. The molecule has 0 spiro atoms. The van der Waals surface area contributed by atoms with Crippen molar-refractivity contribution in [3.05, 3.63) is 65.2 Å². The third-order valence-electron chi connectivity index (χ3n) is 3.96. The lowest BCUT2D eigenvalue weighted by Crippen LogP contribution is -2.23. The van der Waals surface area contributed by atoms with E-state index in [1.165, 1.54) is 24.6 Å². The van der Waals surface area contributed by atoms with Gasteiger partial charge in [-0.25, -0.2) is 13.4 Å². The maximum absolute atomic E-state index is 12.5. The van der Waals surface area contributed by atoms with Crippen LogP contribution in [0, 0.1) is 0 Å². The molecule has 3 aromatic rings. The molecule has 1 heterocycles. The van der Waals surface area contributed by atoms with Crippen LogP contribution in [0.15, 0.2) is 58.8 Å². The molecule has 10 heteroatoms. The van der Waals surface area contributed by atoms with Gasteiger partial charge in [-0.2, -0.15) is 0 Å². The van der Waals surface area contributed by atoms with Gasteiger partial charge in [0.25, 0.3) is 15.9 Å². The van der Waals surface area contributed by atoms with Gasteiger partial charge in [-0.3, -0.25) is 9.52 Å². The van der Waals surface area contributed by atoms with Gasteiger partial charge >= 0.3 is 0 Å². The minimum Gasteiger partial charge on any atom is -0.497 e. The first-order valence-electron chi connectivity index (χ1n) is 8.45. The van der Waals surface area contributed by atoms with Crippen molar-refractivity contribution in [1.29, 1.82) is 0 Å². The highest BCUT2D eigenvalue weighted by molar-refractivity contribution is 7.93. The van der Waals surface area contributed by atoms with E-state index in [1.807, 2.05) is 18.2 Å². The van der Waals surface area contributed by atoms with Gasteiger partial charge in [0.1, 0.15) is 17.2 Å². The van der Waals surface area contributed by atoms with Gasteiger partial charge in [0.2, 0.25) is 0 Å². The van der Waals surface area contributed by atoms with Crippen LogP contribution in [0.25, 0.3) is 0 Å². The number of carbonyl (C=O) groups excluding carboxylic acids is 1.